The summed E-state index contributed by atoms with van der Waals surface area (Å²) in [7, 11) is -0.140. The number of nitrogens with two attached hydrogens (primary N) is 2. The summed E-state index contributed by atoms with van der Waals surface area (Å²) in [5.41, 5.74) is 13.3. The lowest BCUT2D eigenvalue weighted by molar-refractivity contribution is -0.138. The molecule has 0 spiro atoms. The predicted molar refractivity (Wildman–Crippen MR) is 153 cm³/mol. The van der Waals surface area contributed by atoms with Crippen LogP contribution in [-0.4, -0.2) is 49.6 Å². The largest absolute Gasteiger partial charge is 0.480 e. The number of para-hydroxylation sites is 1. The van der Waals surface area contributed by atoms with Gasteiger partial charge in [-0.15, -0.1) is 0 Å². The van der Waals surface area contributed by atoms with E-state index < -0.39 is 22.0 Å². The van der Waals surface area contributed by atoms with Crippen molar-refractivity contribution in [2.45, 2.75) is 55.5 Å². The minimum atomic E-state index is -3.96. The number of aromatic nitrogens is 1. The van der Waals surface area contributed by atoms with E-state index in [0.29, 0.717) is 27.9 Å². The van der Waals surface area contributed by atoms with Crippen LogP contribution in [0.25, 0.3) is 21.7 Å². The Morgan fingerprint density at radius 3 is 2.24 bits per heavy atom. The Morgan fingerprint density at radius 1 is 0.974 bits per heavy atom. The number of nitrogens with zero attached hydrogens (tertiary/aromatic N) is 2. The highest BCUT2D eigenvalue weighted by Gasteiger charge is 2.25. The third-order valence-corrected chi connectivity index (χ3v) is 8.78. The van der Waals surface area contributed by atoms with Gasteiger partial charge in [-0.3, -0.25) is 4.79 Å². The van der Waals surface area contributed by atoms with Crippen molar-refractivity contribution in [3.8, 4) is 0 Å². The normalized spacial score (nSPS) is 15.2. The number of carbonyl (C=O) groups is 1. The smallest absolute Gasteiger partial charge is 0.320 e. The molecule has 0 radical (unpaired) electrons. The second-order valence-electron chi connectivity index (χ2n) is 10.0. The van der Waals surface area contributed by atoms with Crippen LogP contribution in [0, 0.1) is 0 Å². The number of anilines is 1. The number of aliphatic carboxylic acids is 1. The van der Waals surface area contributed by atoms with Crippen molar-refractivity contribution < 1.29 is 18.3 Å². The topological polar surface area (TPSA) is 132 Å². The summed E-state index contributed by atoms with van der Waals surface area (Å²) in [5, 5.41) is 11.3. The molecule has 4 aromatic rings. The fourth-order valence-corrected chi connectivity index (χ4v) is 6.63. The standard InChI is InChI=1S/C23H23N3O4S.C6H13N/c1-25(2)20-11-5-9-18-17(20)8-6-12-22(18)31(29,30)26-14-15(13-19(24)23(27)28)16-7-3-4-10-21(16)26;7-6-4-2-1-3-5-6/h3-12,14,19H,13,24H2,1-2H3,(H,27,28);6H,1-5,7H2. The summed E-state index contributed by atoms with van der Waals surface area (Å²) < 4.78 is 28.8. The number of carboxylic acid groups (broad SMARTS) is 1. The molecule has 0 saturated heterocycles. The molecule has 0 amide bonds. The number of fused-ring (bicyclic) bond motifs is 2. The van der Waals surface area contributed by atoms with Crippen LogP contribution in [0.2, 0.25) is 0 Å². The van der Waals surface area contributed by atoms with Crippen LogP contribution in [-0.2, 0) is 21.2 Å². The molecule has 1 saturated carbocycles. The highest BCUT2D eigenvalue weighted by Crippen LogP contribution is 2.33. The maximum Gasteiger partial charge on any atom is 0.320 e. The highest BCUT2D eigenvalue weighted by molar-refractivity contribution is 7.90. The van der Waals surface area contributed by atoms with Gasteiger partial charge in [0.05, 0.1) is 10.4 Å². The lowest BCUT2D eigenvalue weighted by atomic mass is 9.97. The Morgan fingerprint density at radius 2 is 1.61 bits per heavy atom. The van der Waals surface area contributed by atoms with E-state index in [9.17, 15) is 18.3 Å². The molecule has 1 atom stereocenters. The first-order valence-corrected chi connectivity index (χ1v) is 14.3. The summed E-state index contributed by atoms with van der Waals surface area (Å²) in [6.45, 7) is 0. The molecule has 0 bridgehead atoms. The Bertz CT molecular complexity index is 1540. The molecular weight excluding hydrogens is 500 g/mol. The maximum absolute atomic E-state index is 13.8. The fraction of sp³-hybridized carbons (Fsp3) is 0.345. The zero-order valence-corrected chi connectivity index (χ0v) is 22.7. The van der Waals surface area contributed by atoms with Gasteiger partial charge in [-0.1, -0.05) is 61.7 Å². The number of hydrogen-bond acceptors (Lipinski definition) is 6. The maximum atomic E-state index is 13.8. The molecule has 38 heavy (non-hydrogen) atoms. The fourth-order valence-electron chi connectivity index (χ4n) is 5.02. The van der Waals surface area contributed by atoms with Crippen LogP contribution in [0.3, 0.4) is 0 Å². The molecule has 202 valence electrons. The van der Waals surface area contributed by atoms with E-state index in [1.807, 2.05) is 37.2 Å². The van der Waals surface area contributed by atoms with Crippen molar-refractivity contribution in [1.29, 1.82) is 0 Å². The van der Waals surface area contributed by atoms with Gasteiger partial charge in [0.15, 0.2) is 0 Å². The van der Waals surface area contributed by atoms with Gasteiger partial charge in [0.25, 0.3) is 10.0 Å². The molecule has 5 N–H and O–H groups in total. The third kappa shape index (κ3) is 5.70. The summed E-state index contributed by atoms with van der Waals surface area (Å²) in [6, 6.07) is 17.2. The van der Waals surface area contributed by atoms with Crippen LogP contribution >= 0.6 is 0 Å². The number of carboxylic acids is 1. The average molecular weight is 537 g/mol. The van der Waals surface area contributed by atoms with Crippen molar-refractivity contribution in [3.05, 3.63) is 72.4 Å². The summed E-state index contributed by atoms with van der Waals surface area (Å²) in [6.07, 6.45) is 8.17. The lowest BCUT2D eigenvalue weighted by Crippen LogP contribution is -2.32. The quantitative estimate of drug-likeness (QED) is 0.334. The Kier molecular flexibility index (Phi) is 8.40. The molecule has 1 aromatic heterocycles. The third-order valence-electron chi connectivity index (χ3n) is 7.05. The van der Waals surface area contributed by atoms with Gasteiger partial charge < -0.3 is 21.5 Å². The van der Waals surface area contributed by atoms with Gasteiger partial charge in [-0.2, -0.15) is 0 Å². The zero-order valence-electron chi connectivity index (χ0n) is 21.9. The first-order chi connectivity index (χ1) is 18.1. The molecule has 3 aromatic carbocycles. The highest BCUT2D eigenvalue weighted by atomic mass is 32.2. The summed E-state index contributed by atoms with van der Waals surface area (Å²) in [4.78, 5) is 13.4. The van der Waals surface area contributed by atoms with Crippen LogP contribution in [0.4, 0.5) is 5.69 Å². The molecule has 1 heterocycles. The molecule has 5 rings (SSSR count). The van der Waals surface area contributed by atoms with E-state index in [1.165, 1.54) is 42.3 Å². The van der Waals surface area contributed by atoms with E-state index in [1.54, 1.807) is 42.5 Å². The Hall–Kier alpha value is -3.40. The first kappa shape index (κ1) is 27.6. The van der Waals surface area contributed by atoms with Gasteiger partial charge in [0.1, 0.15) is 6.04 Å². The van der Waals surface area contributed by atoms with E-state index in [0.717, 1.165) is 11.1 Å². The molecule has 1 aliphatic carbocycles. The van der Waals surface area contributed by atoms with E-state index >= 15 is 0 Å². The van der Waals surface area contributed by atoms with Crippen molar-refractivity contribution in [1.82, 2.24) is 3.97 Å². The second-order valence-corrected chi connectivity index (χ2v) is 11.8. The van der Waals surface area contributed by atoms with E-state index in [-0.39, 0.29) is 11.3 Å². The van der Waals surface area contributed by atoms with Crippen molar-refractivity contribution >= 4 is 43.4 Å². The van der Waals surface area contributed by atoms with Crippen molar-refractivity contribution in [3.63, 3.8) is 0 Å². The molecule has 8 nitrogen and oxygen atoms in total. The molecule has 0 aliphatic heterocycles. The van der Waals surface area contributed by atoms with Crippen LogP contribution < -0.4 is 16.4 Å². The zero-order chi connectivity index (χ0) is 27.4. The SMILES string of the molecule is CN(C)c1cccc2c(S(=O)(=O)n3cc(CC(N)C(=O)O)c4ccccc43)cccc12.NC1CCCCC1. The van der Waals surface area contributed by atoms with Gasteiger partial charge in [-0.05, 0) is 36.6 Å². The van der Waals surface area contributed by atoms with Gasteiger partial charge in [-0.25, -0.2) is 12.4 Å². The predicted octanol–water partition coefficient (Wildman–Crippen LogP) is 4.33. The number of benzene rings is 3. The number of rotatable bonds is 6. The molecule has 1 fully saturated rings. The minimum absolute atomic E-state index is 0.0265. The summed E-state index contributed by atoms with van der Waals surface area (Å²) >= 11 is 0. The molecule has 9 heteroatoms. The van der Waals surface area contributed by atoms with Crippen molar-refractivity contribution in [2.24, 2.45) is 11.5 Å². The monoisotopic (exact) mass is 536 g/mol. The summed E-state index contributed by atoms with van der Waals surface area (Å²) in [5.74, 6) is -1.13. The Balaban J connectivity index is 0.000000417. The molecular formula is C29H36N4O4S. The van der Waals surface area contributed by atoms with E-state index in [4.69, 9.17) is 11.5 Å². The van der Waals surface area contributed by atoms with Gasteiger partial charge >= 0.3 is 5.97 Å². The second kappa shape index (κ2) is 11.6. The molecule has 1 unspecified atom stereocenters. The number of hydrogen-bond donors (Lipinski definition) is 3. The van der Waals surface area contributed by atoms with Gasteiger partial charge in [0, 0.05) is 54.6 Å². The van der Waals surface area contributed by atoms with Crippen LogP contribution in [0.1, 0.15) is 37.7 Å². The van der Waals surface area contributed by atoms with Crippen LogP contribution in [0.5, 0.6) is 0 Å². The van der Waals surface area contributed by atoms with E-state index in [2.05, 4.69) is 0 Å². The van der Waals surface area contributed by atoms with Crippen molar-refractivity contribution in [2.75, 3.05) is 19.0 Å². The minimum Gasteiger partial charge on any atom is -0.480 e. The lowest BCUT2D eigenvalue weighted by Gasteiger charge is -2.17. The first-order valence-electron chi connectivity index (χ1n) is 12.9. The molecule has 1 aliphatic rings. The average Bonchev–Trinajstić information content (AvgIpc) is 3.28. The van der Waals surface area contributed by atoms with Gasteiger partial charge in [0.2, 0.25) is 0 Å². The Labute approximate surface area is 223 Å². The van der Waals surface area contributed by atoms with Crippen LogP contribution in [0.15, 0.2) is 71.8 Å².